The van der Waals surface area contributed by atoms with Crippen LogP contribution in [0.2, 0.25) is 0 Å². The monoisotopic (exact) mass is 358 g/mol. The third-order valence-electron chi connectivity index (χ3n) is 0.917. The molecule has 0 heterocycles. The molecule has 0 amide bonds. The van der Waals surface area contributed by atoms with Crippen LogP contribution in [0.15, 0.2) is 0 Å². The Morgan fingerprint density at radius 1 is 0.933 bits per heavy atom. The number of halogens is 6. The van der Waals surface area contributed by atoms with Crippen LogP contribution in [0, 0.1) is 0 Å². The maximum atomic E-state index is 12.1. The Bertz CT molecular complexity index is 232. The highest BCUT2D eigenvalue weighted by Gasteiger charge is 2.33. The van der Waals surface area contributed by atoms with Crippen molar-refractivity contribution in [2.75, 3.05) is 0 Å². The average molecular weight is 360 g/mol. The standard InChI is InChI=1S/C6H4Br2F4O3/c7-5(9,10)1-3(13)15-4(14)2-6(8,11)12/h1-2H2. The summed E-state index contributed by atoms with van der Waals surface area (Å²) in [6.07, 6.45) is -2.82. The smallest absolute Gasteiger partial charge is 0.320 e. The van der Waals surface area contributed by atoms with Crippen molar-refractivity contribution in [1.29, 1.82) is 0 Å². The first-order valence-electron chi connectivity index (χ1n) is 3.36. The molecule has 3 nitrogen and oxygen atoms in total. The molecule has 0 aromatic rings. The predicted molar refractivity (Wildman–Crippen MR) is 48.1 cm³/mol. The van der Waals surface area contributed by atoms with Crippen LogP contribution in [0.1, 0.15) is 12.8 Å². The Morgan fingerprint density at radius 3 is 1.40 bits per heavy atom. The number of hydrogen-bond donors (Lipinski definition) is 0. The van der Waals surface area contributed by atoms with Crippen molar-refractivity contribution in [2.45, 2.75) is 22.5 Å². The topological polar surface area (TPSA) is 43.4 Å². The Labute approximate surface area is 98.4 Å². The van der Waals surface area contributed by atoms with E-state index in [1.807, 2.05) is 31.9 Å². The van der Waals surface area contributed by atoms with Gasteiger partial charge in [0.15, 0.2) is 0 Å². The van der Waals surface area contributed by atoms with Crippen molar-refractivity contribution in [2.24, 2.45) is 0 Å². The lowest BCUT2D eigenvalue weighted by atomic mass is 10.4. The molecule has 0 fully saturated rings. The molecule has 88 valence electrons. The lowest BCUT2D eigenvalue weighted by Gasteiger charge is -2.09. The van der Waals surface area contributed by atoms with Gasteiger partial charge in [-0.1, -0.05) is 0 Å². The van der Waals surface area contributed by atoms with Gasteiger partial charge in [0.05, 0.1) is 0 Å². The molecule has 0 aliphatic carbocycles. The molecule has 0 bridgehead atoms. The molecule has 0 rings (SSSR count). The third kappa shape index (κ3) is 10.1. The van der Waals surface area contributed by atoms with E-state index in [1.165, 1.54) is 0 Å². The SMILES string of the molecule is O=C(CC(F)(F)Br)OC(=O)CC(F)(F)Br. The molecule has 0 spiro atoms. The molecule has 0 radical (unpaired) electrons. The van der Waals surface area contributed by atoms with Crippen LogP contribution in [0.4, 0.5) is 17.6 Å². The molecule has 9 heteroatoms. The number of carbonyl (C=O) groups is 2. The fourth-order valence-corrected chi connectivity index (χ4v) is 0.984. The molecule has 0 unspecified atom stereocenters. The number of ether oxygens (including phenoxy) is 1. The molecule has 0 aliphatic heterocycles. The fraction of sp³-hybridized carbons (Fsp3) is 0.667. The minimum absolute atomic E-state index is 1.41. The molecule has 15 heavy (non-hydrogen) atoms. The van der Waals surface area contributed by atoms with Crippen LogP contribution >= 0.6 is 31.9 Å². The molecule has 0 aromatic carbocycles. The van der Waals surface area contributed by atoms with E-state index in [4.69, 9.17) is 0 Å². The molecule has 0 N–H and O–H groups in total. The van der Waals surface area contributed by atoms with Crippen molar-refractivity contribution >= 4 is 43.8 Å². The van der Waals surface area contributed by atoms with Gasteiger partial charge < -0.3 is 4.74 Å². The van der Waals surface area contributed by atoms with Gasteiger partial charge in [0.1, 0.15) is 12.8 Å². The summed E-state index contributed by atoms with van der Waals surface area (Å²) >= 11 is 3.66. The van der Waals surface area contributed by atoms with Crippen molar-refractivity contribution in [3.8, 4) is 0 Å². The quantitative estimate of drug-likeness (QED) is 0.335. The van der Waals surface area contributed by atoms with E-state index >= 15 is 0 Å². The van der Waals surface area contributed by atoms with Gasteiger partial charge >= 0.3 is 21.6 Å². The fourth-order valence-electron chi connectivity index (χ4n) is 0.526. The van der Waals surface area contributed by atoms with Gasteiger partial charge in [-0.2, -0.15) is 17.6 Å². The Kier molecular flexibility index (Phi) is 5.18. The van der Waals surface area contributed by atoms with Gasteiger partial charge in [0.25, 0.3) is 0 Å². The molecular weight excluding hydrogens is 356 g/mol. The van der Waals surface area contributed by atoms with Crippen molar-refractivity contribution in [1.82, 2.24) is 0 Å². The lowest BCUT2D eigenvalue weighted by Crippen LogP contribution is -2.22. The van der Waals surface area contributed by atoms with Gasteiger partial charge in [-0.05, 0) is 31.9 Å². The second-order valence-electron chi connectivity index (χ2n) is 2.43. The average Bonchev–Trinajstić information content (AvgIpc) is 1.73. The minimum Gasteiger partial charge on any atom is -0.393 e. The number of esters is 2. The zero-order chi connectivity index (χ0) is 12.3. The highest BCUT2D eigenvalue weighted by molar-refractivity contribution is 9.10. The number of alkyl halides is 6. The van der Waals surface area contributed by atoms with Gasteiger partial charge in [0, 0.05) is 0 Å². The van der Waals surface area contributed by atoms with Crippen molar-refractivity contribution < 1.29 is 31.9 Å². The maximum absolute atomic E-state index is 12.1. The first-order chi connectivity index (χ1) is 6.49. The summed E-state index contributed by atoms with van der Waals surface area (Å²) in [4.78, 5) is 14.0. The largest absolute Gasteiger partial charge is 0.393 e. The Morgan fingerprint density at radius 2 is 1.20 bits per heavy atom. The van der Waals surface area contributed by atoms with Crippen molar-refractivity contribution in [3.63, 3.8) is 0 Å². The summed E-state index contributed by atoms with van der Waals surface area (Å²) < 4.78 is 52.1. The summed E-state index contributed by atoms with van der Waals surface area (Å²) in [6, 6.07) is 0. The van der Waals surface area contributed by atoms with Gasteiger partial charge in [-0.15, -0.1) is 0 Å². The predicted octanol–water partition coefficient (Wildman–Crippen LogP) is 2.81. The van der Waals surface area contributed by atoms with E-state index in [2.05, 4.69) is 4.74 Å². The summed E-state index contributed by atoms with van der Waals surface area (Å²) in [5.41, 5.74) is 0. The summed E-state index contributed by atoms with van der Waals surface area (Å²) in [5, 5.41) is 0. The van der Waals surface area contributed by atoms with Crippen molar-refractivity contribution in [3.05, 3.63) is 0 Å². The van der Waals surface area contributed by atoms with E-state index in [0.717, 1.165) is 0 Å². The van der Waals surface area contributed by atoms with E-state index < -0.39 is 34.4 Å². The number of hydrogen-bond acceptors (Lipinski definition) is 3. The zero-order valence-electron chi connectivity index (χ0n) is 6.91. The van der Waals surface area contributed by atoms with E-state index in [9.17, 15) is 27.2 Å². The molecule has 0 saturated heterocycles. The molecule has 0 aliphatic rings. The van der Waals surface area contributed by atoms with Crippen LogP contribution in [0.5, 0.6) is 0 Å². The molecule has 0 aromatic heterocycles. The number of rotatable bonds is 4. The first-order valence-corrected chi connectivity index (χ1v) is 4.95. The third-order valence-corrected chi connectivity index (χ3v) is 1.48. The number of carbonyl (C=O) groups excluding carboxylic acids is 2. The lowest BCUT2D eigenvalue weighted by molar-refractivity contribution is -0.163. The molecule has 0 atom stereocenters. The first kappa shape index (κ1) is 14.8. The van der Waals surface area contributed by atoms with E-state index in [-0.39, 0.29) is 0 Å². The normalized spacial score (nSPS) is 12.4. The summed E-state index contributed by atoms with van der Waals surface area (Å²) in [6.45, 7) is 0. The van der Waals surface area contributed by atoms with E-state index in [0.29, 0.717) is 0 Å². The minimum atomic E-state index is -3.53. The van der Waals surface area contributed by atoms with Gasteiger partial charge in [-0.25, -0.2) is 0 Å². The maximum Gasteiger partial charge on any atom is 0.320 e. The van der Waals surface area contributed by atoms with Crippen LogP contribution in [-0.2, 0) is 14.3 Å². The van der Waals surface area contributed by atoms with Crippen LogP contribution < -0.4 is 0 Å². The second kappa shape index (κ2) is 5.24. The Balaban J connectivity index is 4.04. The summed E-state index contributed by atoms with van der Waals surface area (Å²) in [7, 11) is 0. The van der Waals surface area contributed by atoms with E-state index in [1.54, 1.807) is 0 Å². The van der Waals surface area contributed by atoms with Crippen LogP contribution in [0.25, 0.3) is 0 Å². The zero-order valence-corrected chi connectivity index (χ0v) is 10.1. The summed E-state index contributed by atoms with van der Waals surface area (Å²) in [5.74, 6) is -3.17. The highest BCUT2D eigenvalue weighted by Crippen LogP contribution is 2.28. The van der Waals surface area contributed by atoms with Crippen LogP contribution in [-0.4, -0.2) is 21.6 Å². The van der Waals surface area contributed by atoms with Gasteiger partial charge in [-0.3, -0.25) is 9.59 Å². The van der Waals surface area contributed by atoms with Crippen LogP contribution in [0.3, 0.4) is 0 Å². The van der Waals surface area contributed by atoms with Gasteiger partial charge in [0.2, 0.25) is 0 Å². The highest BCUT2D eigenvalue weighted by atomic mass is 79.9. The molecule has 0 saturated carbocycles. The second-order valence-corrected chi connectivity index (χ2v) is 4.75. The Hall–Kier alpha value is -0.180. The molecular formula is C6H4Br2F4O3.